The van der Waals surface area contributed by atoms with Gasteiger partial charge < -0.3 is 10.1 Å². The number of likely N-dealkylation sites (tertiary alicyclic amines) is 1. The third-order valence-electron chi connectivity index (χ3n) is 5.06. The molecule has 2 fully saturated rings. The molecule has 0 aliphatic carbocycles. The fourth-order valence-corrected chi connectivity index (χ4v) is 4.04. The number of amides is 1. The number of carbonyl (C=O) groups is 1. The number of rotatable bonds is 5. The molecule has 2 heterocycles. The van der Waals surface area contributed by atoms with Crippen molar-refractivity contribution in [2.24, 2.45) is 11.8 Å². The molecule has 0 bridgehead atoms. The monoisotopic (exact) mass is 345 g/mol. The van der Waals surface area contributed by atoms with E-state index in [0.717, 1.165) is 51.6 Å². The van der Waals surface area contributed by atoms with Crippen LogP contribution in [0.4, 0.5) is 5.69 Å². The molecule has 2 atom stereocenters. The van der Waals surface area contributed by atoms with Crippen LogP contribution in [-0.4, -0.2) is 61.6 Å². The quantitative estimate of drug-likeness (QED) is 0.890. The summed E-state index contributed by atoms with van der Waals surface area (Å²) in [7, 11) is 0. The van der Waals surface area contributed by atoms with Crippen LogP contribution in [0.25, 0.3) is 0 Å². The fraction of sp³-hybridized carbons (Fsp3) is 0.650. The lowest BCUT2D eigenvalue weighted by Gasteiger charge is -2.34. The van der Waals surface area contributed by atoms with Gasteiger partial charge in [-0.1, -0.05) is 26.0 Å². The molecule has 1 aromatic carbocycles. The second-order valence-electron chi connectivity index (χ2n) is 7.77. The average Bonchev–Trinajstić information content (AvgIpc) is 2.56. The summed E-state index contributed by atoms with van der Waals surface area (Å²) in [4.78, 5) is 17.0. The van der Waals surface area contributed by atoms with Gasteiger partial charge in [-0.15, -0.1) is 0 Å². The van der Waals surface area contributed by atoms with E-state index in [4.69, 9.17) is 4.74 Å². The van der Waals surface area contributed by atoms with Gasteiger partial charge in [0.1, 0.15) is 0 Å². The maximum Gasteiger partial charge on any atom is 0.238 e. The van der Waals surface area contributed by atoms with Crippen LogP contribution in [0.15, 0.2) is 24.3 Å². The van der Waals surface area contributed by atoms with Gasteiger partial charge in [0.2, 0.25) is 5.91 Å². The van der Waals surface area contributed by atoms with Crippen molar-refractivity contribution in [2.75, 3.05) is 51.3 Å². The fourth-order valence-electron chi connectivity index (χ4n) is 4.04. The van der Waals surface area contributed by atoms with Crippen molar-refractivity contribution < 1.29 is 9.53 Å². The van der Waals surface area contributed by atoms with Crippen LogP contribution < -0.4 is 5.32 Å². The van der Waals surface area contributed by atoms with Gasteiger partial charge in [-0.2, -0.15) is 0 Å². The van der Waals surface area contributed by atoms with E-state index in [0.29, 0.717) is 18.4 Å². The molecule has 0 spiro atoms. The van der Waals surface area contributed by atoms with Crippen LogP contribution >= 0.6 is 0 Å². The number of hydrogen-bond acceptors (Lipinski definition) is 4. The molecule has 3 rings (SSSR count). The molecule has 0 saturated carbocycles. The first-order valence-electron chi connectivity index (χ1n) is 9.50. The number of nitrogens with one attached hydrogen (secondary N) is 1. The minimum absolute atomic E-state index is 0.0854. The lowest BCUT2D eigenvalue weighted by atomic mass is 9.92. The Kier molecular flexibility index (Phi) is 6.45. The van der Waals surface area contributed by atoms with E-state index in [-0.39, 0.29) is 5.91 Å². The van der Waals surface area contributed by atoms with E-state index in [1.165, 1.54) is 12.0 Å². The normalized spacial score (nSPS) is 25.7. The van der Waals surface area contributed by atoms with Crippen LogP contribution in [0.1, 0.15) is 25.8 Å². The van der Waals surface area contributed by atoms with Crippen molar-refractivity contribution in [2.45, 2.75) is 26.8 Å². The number of hydrogen-bond donors (Lipinski definition) is 1. The standard InChI is InChI=1S/C20H31N3O2/c1-16-11-17(2)13-23(12-16)15-20(24)21-19-5-3-18(4-6-19)14-22-7-9-25-10-8-22/h3-6,16-17H,7-15H2,1-2H3,(H,21,24). The van der Waals surface area contributed by atoms with Gasteiger partial charge in [0.25, 0.3) is 0 Å². The Morgan fingerprint density at radius 1 is 1.08 bits per heavy atom. The molecule has 1 amide bonds. The first kappa shape index (κ1) is 18.4. The highest BCUT2D eigenvalue weighted by atomic mass is 16.5. The van der Waals surface area contributed by atoms with E-state index in [9.17, 15) is 4.79 Å². The molecule has 5 nitrogen and oxygen atoms in total. The number of carbonyl (C=O) groups excluding carboxylic acids is 1. The van der Waals surface area contributed by atoms with Gasteiger partial charge in [0, 0.05) is 38.4 Å². The Morgan fingerprint density at radius 3 is 2.36 bits per heavy atom. The summed E-state index contributed by atoms with van der Waals surface area (Å²) in [6, 6.07) is 8.23. The molecule has 138 valence electrons. The van der Waals surface area contributed by atoms with E-state index in [1.54, 1.807) is 0 Å². The smallest absolute Gasteiger partial charge is 0.238 e. The lowest BCUT2D eigenvalue weighted by molar-refractivity contribution is -0.117. The molecular weight excluding hydrogens is 314 g/mol. The Hall–Kier alpha value is -1.43. The Labute approximate surface area is 151 Å². The van der Waals surface area contributed by atoms with Crippen LogP contribution in [0.3, 0.4) is 0 Å². The topological polar surface area (TPSA) is 44.8 Å². The first-order chi connectivity index (χ1) is 12.1. The summed E-state index contributed by atoms with van der Waals surface area (Å²) in [5.41, 5.74) is 2.16. The Bertz CT molecular complexity index is 545. The molecule has 2 saturated heterocycles. The third kappa shape index (κ3) is 5.80. The minimum Gasteiger partial charge on any atom is -0.379 e. The van der Waals surface area contributed by atoms with Gasteiger partial charge in [0.05, 0.1) is 19.8 Å². The van der Waals surface area contributed by atoms with E-state index < -0.39 is 0 Å². The summed E-state index contributed by atoms with van der Waals surface area (Å²) in [6.07, 6.45) is 1.27. The highest BCUT2D eigenvalue weighted by Gasteiger charge is 2.23. The molecule has 5 heteroatoms. The summed E-state index contributed by atoms with van der Waals surface area (Å²) >= 11 is 0. The first-order valence-corrected chi connectivity index (χ1v) is 9.50. The van der Waals surface area contributed by atoms with Crippen molar-refractivity contribution >= 4 is 11.6 Å². The maximum atomic E-state index is 12.3. The molecule has 2 aliphatic rings. The average molecular weight is 345 g/mol. The highest BCUT2D eigenvalue weighted by Crippen LogP contribution is 2.20. The SMILES string of the molecule is CC1CC(C)CN(CC(=O)Nc2ccc(CN3CCOCC3)cc2)C1. The van der Waals surface area contributed by atoms with Gasteiger partial charge >= 0.3 is 0 Å². The van der Waals surface area contributed by atoms with Crippen LogP contribution in [0.5, 0.6) is 0 Å². The second-order valence-corrected chi connectivity index (χ2v) is 7.77. The molecule has 1 N–H and O–H groups in total. The third-order valence-corrected chi connectivity index (χ3v) is 5.06. The number of nitrogens with zero attached hydrogens (tertiary/aromatic N) is 2. The van der Waals surface area contributed by atoms with Crippen molar-refractivity contribution in [3.8, 4) is 0 Å². The summed E-state index contributed by atoms with van der Waals surface area (Å²) in [5, 5.41) is 3.04. The zero-order chi connectivity index (χ0) is 17.6. The van der Waals surface area contributed by atoms with E-state index in [1.807, 2.05) is 12.1 Å². The number of piperidine rings is 1. The van der Waals surface area contributed by atoms with Crippen molar-refractivity contribution in [3.05, 3.63) is 29.8 Å². The molecule has 0 radical (unpaired) electrons. The van der Waals surface area contributed by atoms with Crippen LogP contribution in [-0.2, 0) is 16.1 Å². The molecule has 2 aliphatic heterocycles. The van der Waals surface area contributed by atoms with Gasteiger partial charge in [-0.25, -0.2) is 0 Å². The predicted molar refractivity (Wildman–Crippen MR) is 101 cm³/mol. The van der Waals surface area contributed by atoms with Crippen molar-refractivity contribution in [1.82, 2.24) is 9.80 Å². The lowest BCUT2D eigenvalue weighted by Crippen LogP contribution is -2.42. The maximum absolute atomic E-state index is 12.3. The van der Waals surface area contributed by atoms with E-state index >= 15 is 0 Å². The number of benzene rings is 1. The number of ether oxygens (including phenoxy) is 1. The largest absolute Gasteiger partial charge is 0.379 e. The van der Waals surface area contributed by atoms with Crippen LogP contribution in [0.2, 0.25) is 0 Å². The molecule has 0 aromatic heterocycles. The van der Waals surface area contributed by atoms with Crippen molar-refractivity contribution in [1.29, 1.82) is 0 Å². The summed E-state index contributed by atoms with van der Waals surface area (Å²) in [6.45, 7) is 11.7. The Morgan fingerprint density at radius 2 is 1.72 bits per heavy atom. The summed E-state index contributed by atoms with van der Waals surface area (Å²) in [5.74, 6) is 1.44. The molecule has 2 unspecified atom stereocenters. The second kappa shape index (κ2) is 8.79. The van der Waals surface area contributed by atoms with Crippen molar-refractivity contribution in [3.63, 3.8) is 0 Å². The molecule has 25 heavy (non-hydrogen) atoms. The van der Waals surface area contributed by atoms with E-state index in [2.05, 4.69) is 41.1 Å². The highest BCUT2D eigenvalue weighted by molar-refractivity contribution is 5.92. The minimum atomic E-state index is 0.0854. The van der Waals surface area contributed by atoms with Crippen LogP contribution in [0, 0.1) is 11.8 Å². The van der Waals surface area contributed by atoms with Gasteiger partial charge in [-0.05, 0) is 36.0 Å². The van der Waals surface area contributed by atoms with Gasteiger partial charge in [0.15, 0.2) is 0 Å². The Balaban J connectivity index is 1.46. The zero-order valence-electron chi connectivity index (χ0n) is 15.5. The molecule has 1 aromatic rings. The number of anilines is 1. The molecular formula is C20H31N3O2. The summed E-state index contributed by atoms with van der Waals surface area (Å²) < 4.78 is 5.38. The zero-order valence-corrected chi connectivity index (χ0v) is 15.5. The predicted octanol–water partition coefficient (Wildman–Crippen LogP) is 2.44. The number of morpholine rings is 1. The van der Waals surface area contributed by atoms with Gasteiger partial charge in [-0.3, -0.25) is 14.6 Å².